The third kappa shape index (κ3) is 4.14. The minimum atomic E-state index is -3.42. The Kier molecular flexibility index (Phi) is 5.47. The number of aromatic nitrogens is 2. The van der Waals surface area contributed by atoms with E-state index in [0.717, 1.165) is 5.56 Å². The average molecular weight is 445 g/mol. The van der Waals surface area contributed by atoms with Gasteiger partial charge in [0.2, 0.25) is 0 Å². The van der Waals surface area contributed by atoms with Gasteiger partial charge in [0.15, 0.2) is 9.84 Å². The first-order valence-electron chi connectivity index (χ1n) is 10.5. The maximum absolute atomic E-state index is 12.6. The molecule has 0 unspecified atom stereocenters. The van der Waals surface area contributed by atoms with E-state index in [2.05, 4.69) is 4.98 Å². The summed E-state index contributed by atoms with van der Waals surface area (Å²) in [5, 5.41) is 11.0. The van der Waals surface area contributed by atoms with Gasteiger partial charge in [0, 0.05) is 36.0 Å². The molecule has 2 aromatic heterocycles. The number of H-pyrrole nitrogens is 1. The fraction of sp³-hybridized carbons (Fsp3) is 0.435. The molecule has 2 N–H and O–H groups in total. The molecule has 1 aliphatic rings. The number of pyridine rings is 1. The molecule has 0 amide bonds. The average Bonchev–Trinajstić information content (AvgIpc) is 3.23. The van der Waals surface area contributed by atoms with E-state index in [1.165, 1.54) is 4.57 Å². The van der Waals surface area contributed by atoms with Crippen LogP contribution in [0.25, 0.3) is 22.0 Å². The molecule has 0 spiro atoms. The molecule has 0 aliphatic heterocycles. The molecule has 2 heterocycles. The number of benzene rings is 1. The lowest BCUT2D eigenvalue weighted by Crippen LogP contribution is -2.34. The largest absolute Gasteiger partial charge is 0.490 e. The summed E-state index contributed by atoms with van der Waals surface area (Å²) in [6, 6.07) is 6.73. The summed E-state index contributed by atoms with van der Waals surface area (Å²) in [5.74, 6) is 0.569. The lowest BCUT2D eigenvalue weighted by molar-refractivity contribution is -0.0107. The number of sulfone groups is 1. The predicted octanol–water partition coefficient (Wildman–Crippen LogP) is 3.40. The van der Waals surface area contributed by atoms with E-state index in [-0.39, 0.29) is 22.3 Å². The lowest BCUT2D eigenvalue weighted by Gasteiger charge is -2.33. The number of rotatable bonds is 5. The monoisotopic (exact) mass is 444 g/mol. The van der Waals surface area contributed by atoms with Gasteiger partial charge in [-0.15, -0.1) is 0 Å². The van der Waals surface area contributed by atoms with E-state index in [4.69, 9.17) is 4.74 Å². The summed E-state index contributed by atoms with van der Waals surface area (Å²) in [7, 11) is -1.75. The van der Waals surface area contributed by atoms with Crippen molar-refractivity contribution in [1.82, 2.24) is 9.55 Å². The van der Waals surface area contributed by atoms with Crippen LogP contribution in [0.4, 0.5) is 0 Å². The van der Waals surface area contributed by atoms with Crippen LogP contribution in [0.2, 0.25) is 0 Å². The molecule has 1 aromatic carbocycles. The van der Waals surface area contributed by atoms with E-state index in [1.54, 1.807) is 44.6 Å². The van der Waals surface area contributed by atoms with Gasteiger partial charge in [0.25, 0.3) is 5.56 Å². The molecule has 0 bridgehead atoms. The molecule has 0 saturated heterocycles. The van der Waals surface area contributed by atoms with Crippen LogP contribution in [-0.2, 0) is 16.9 Å². The van der Waals surface area contributed by atoms with Gasteiger partial charge in [-0.05, 0) is 56.9 Å². The van der Waals surface area contributed by atoms with Crippen LogP contribution in [0, 0.1) is 0 Å². The third-order valence-corrected chi connectivity index (χ3v) is 7.91. The van der Waals surface area contributed by atoms with Crippen molar-refractivity contribution in [3.05, 3.63) is 47.0 Å². The Hall–Kier alpha value is -2.58. The minimum Gasteiger partial charge on any atom is -0.490 e. The van der Waals surface area contributed by atoms with Crippen molar-refractivity contribution in [2.45, 2.75) is 56.1 Å². The van der Waals surface area contributed by atoms with Crippen LogP contribution < -0.4 is 10.3 Å². The number of aryl methyl sites for hydroxylation is 1. The number of hydrogen-bond donors (Lipinski definition) is 2. The Morgan fingerprint density at radius 2 is 1.94 bits per heavy atom. The minimum absolute atomic E-state index is 0.00279. The maximum atomic E-state index is 12.6. The van der Waals surface area contributed by atoms with E-state index in [1.807, 2.05) is 13.0 Å². The van der Waals surface area contributed by atoms with Crippen molar-refractivity contribution in [2.24, 2.45) is 7.05 Å². The van der Waals surface area contributed by atoms with Gasteiger partial charge >= 0.3 is 0 Å². The van der Waals surface area contributed by atoms with E-state index < -0.39 is 15.4 Å². The second kappa shape index (κ2) is 7.84. The van der Waals surface area contributed by atoms with E-state index in [9.17, 15) is 18.3 Å². The molecule has 3 aromatic rings. The third-order valence-electron chi connectivity index (χ3n) is 6.18. The Morgan fingerprint density at radius 1 is 1.23 bits per heavy atom. The van der Waals surface area contributed by atoms with Crippen molar-refractivity contribution in [3.8, 4) is 16.9 Å². The highest BCUT2D eigenvalue weighted by Gasteiger charge is 2.30. The fourth-order valence-corrected chi connectivity index (χ4v) is 5.08. The molecule has 4 rings (SSSR count). The zero-order valence-corrected chi connectivity index (χ0v) is 18.8. The maximum Gasteiger partial charge on any atom is 0.274 e. The van der Waals surface area contributed by atoms with E-state index >= 15 is 0 Å². The topological polar surface area (TPSA) is 101 Å². The predicted molar refractivity (Wildman–Crippen MR) is 120 cm³/mol. The Bertz CT molecular complexity index is 1280. The molecular weight excluding hydrogens is 416 g/mol. The van der Waals surface area contributed by atoms with Crippen molar-refractivity contribution >= 4 is 20.7 Å². The molecule has 1 aliphatic carbocycles. The van der Waals surface area contributed by atoms with Gasteiger partial charge in [0.1, 0.15) is 11.3 Å². The van der Waals surface area contributed by atoms with E-state index in [0.29, 0.717) is 47.9 Å². The molecular formula is C23H28N2O5S. The first-order valence-corrected chi connectivity index (χ1v) is 12.2. The first-order chi connectivity index (χ1) is 14.6. The lowest BCUT2D eigenvalue weighted by atomic mass is 9.85. The molecule has 1 fully saturated rings. The highest BCUT2D eigenvalue weighted by atomic mass is 32.2. The van der Waals surface area contributed by atoms with Crippen molar-refractivity contribution < 1.29 is 18.3 Å². The van der Waals surface area contributed by atoms with Gasteiger partial charge < -0.3 is 19.4 Å². The Morgan fingerprint density at radius 3 is 2.61 bits per heavy atom. The normalized spacial score (nSPS) is 22.0. The molecule has 0 radical (unpaired) electrons. The number of aromatic amines is 1. The summed E-state index contributed by atoms with van der Waals surface area (Å²) < 4.78 is 32.9. The first kappa shape index (κ1) is 21.6. The summed E-state index contributed by atoms with van der Waals surface area (Å²) in [6.45, 7) is 3.45. The van der Waals surface area contributed by atoms with Gasteiger partial charge in [-0.1, -0.05) is 6.92 Å². The molecule has 8 heteroatoms. The number of nitrogens with one attached hydrogen (secondary N) is 1. The second-order valence-electron chi connectivity index (χ2n) is 8.60. The van der Waals surface area contributed by atoms with Crippen molar-refractivity contribution in [2.75, 3.05) is 5.75 Å². The van der Waals surface area contributed by atoms with Crippen LogP contribution in [0.3, 0.4) is 0 Å². The van der Waals surface area contributed by atoms with Gasteiger partial charge in [-0.2, -0.15) is 0 Å². The number of aliphatic hydroxyl groups is 1. The van der Waals surface area contributed by atoms with Crippen molar-refractivity contribution in [3.63, 3.8) is 0 Å². The Balaban J connectivity index is 1.85. The zero-order valence-electron chi connectivity index (χ0n) is 18.0. The number of ether oxygens (including phenoxy) is 1. The van der Waals surface area contributed by atoms with Crippen LogP contribution in [0.1, 0.15) is 39.5 Å². The second-order valence-corrected chi connectivity index (χ2v) is 10.9. The summed E-state index contributed by atoms with van der Waals surface area (Å²) in [6.07, 6.45) is 6.08. The molecule has 1 saturated carbocycles. The summed E-state index contributed by atoms with van der Waals surface area (Å²) >= 11 is 0. The number of hydrogen-bond acceptors (Lipinski definition) is 5. The standard InChI is InChI=1S/C23H28N2O5S/c1-4-31(28,29)16-5-6-20(30-15-7-10-23(2,27)11-8-15)18(13-16)19-14-25(3)22(26)21-17(19)9-12-24-21/h5-6,9,12-15,24,27H,4,7-8,10-11H2,1-3H3. The van der Waals surface area contributed by atoms with Crippen LogP contribution in [0.5, 0.6) is 5.75 Å². The molecule has 31 heavy (non-hydrogen) atoms. The molecule has 0 atom stereocenters. The van der Waals surface area contributed by atoms with Gasteiger partial charge in [0.05, 0.1) is 22.4 Å². The van der Waals surface area contributed by atoms with Crippen LogP contribution >= 0.6 is 0 Å². The number of nitrogens with zero attached hydrogens (tertiary/aromatic N) is 1. The highest BCUT2D eigenvalue weighted by molar-refractivity contribution is 7.91. The van der Waals surface area contributed by atoms with Crippen molar-refractivity contribution in [1.29, 1.82) is 0 Å². The van der Waals surface area contributed by atoms with Crippen LogP contribution in [-0.4, -0.2) is 40.5 Å². The van der Waals surface area contributed by atoms with Crippen LogP contribution in [0.15, 0.2) is 46.3 Å². The van der Waals surface area contributed by atoms with Gasteiger partial charge in [-0.25, -0.2) is 8.42 Å². The zero-order chi connectivity index (χ0) is 22.4. The smallest absolute Gasteiger partial charge is 0.274 e. The Labute approximate surface area is 181 Å². The quantitative estimate of drug-likeness (QED) is 0.628. The molecule has 7 nitrogen and oxygen atoms in total. The summed E-state index contributed by atoms with van der Waals surface area (Å²) in [5.41, 5.74) is 0.995. The number of fused-ring (bicyclic) bond motifs is 1. The fourth-order valence-electron chi connectivity index (χ4n) is 4.18. The molecule has 166 valence electrons. The SMILES string of the molecule is CCS(=O)(=O)c1ccc(OC2CCC(C)(O)CC2)c(-c2cn(C)c(=O)c3[nH]ccc23)c1. The van der Waals surface area contributed by atoms with Gasteiger partial charge in [-0.3, -0.25) is 4.79 Å². The highest BCUT2D eigenvalue weighted by Crippen LogP contribution is 2.38. The summed E-state index contributed by atoms with van der Waals surface area (Å²) in [4.78, 5) is 15.7.